The molecule has 0 aromatic heterocycles. The van der Waals surface area contributed by atoms with Crippen LogP contribution in [0.1, 0.15) is 59.3 Å². The first-order valence-corrected chi connectivity index (χ1v) is 9.55. The van der Waals surface area contributed by atoms with E-state index in [9.17, 15) is 0 Å². The van der Waals surface area contributed by atoms with E-state index in [2.05, 4.69) is 22.0 Å². The molecule has 0 amide bonds. The predicted octanol–water partition coefficient (Wildman–Crippen LogP) is 2.96. The summed E-state index contributed by atoms with van der Waals surface area (Å²) in [5.41, 5.74) is 0. The van der Waals surface area contributed by atoms with Crippen LogP contribution in [0, 0.1) is 5.92 Å². The Labute approximate surface area is 132 Å². The van der Waals surface area contributed by atoms with Gasteiger partial charge in [-0.2, -0.15) is 0 Å². The lowest BCUT2D eigenvalue weighted by Gasteiger charge is -2.43. The van der Waals surface area contributed by atoms with Gasteiger partial charge >= 0.3 is 0 Å². The normalized spacial score (nSPS) is 35.3. The third-order valence-corrected chi connectivity index (χ3v) is 5.81. The van der Waals surface area contributed by atoms with E-state index < -0.39 is 0 Å². The topological polar surface area (TPSA) is 18.5 Å². The van der Waals surface area contributed by atoms with Gasteiger partial charge < -0.3 is 5.32 Å². The molecule has 2 aliphatic heterocycles. The minimum absolute atomic E-state index is 0.831. The summed E-state index contributed by atoms with van der Waals surface area (Å²) in [5.74, 6) is 1.03. The minimum Gasteiger partial charge on any atom is -0.315 e. The molecular formula is C18H37N3. The lowest BCUT2D eigenvalue weighted by molar-refractivity contribution is 0.0540. The highest BCUT2D eigenvalue weighted by Crippen LogP contribution is 2.30. The fraction of sp³-hybridized carbons (Fsp3) is 1.00. The Bertz CT molecular complexity index is 260. The second kappa shape index (κ2) is 9.12. The molecule has 2 saturated heterocycles. The van der Waals surface area contributed by atoms with Crippen molar-refractivity contribution in [2.24, 2.45) is 5.92 Å². The summed E-state index contributed by atoms with van der Waals surface area (Å²) >= 11 is 0. The zero-order chi connectivity index (χ0) is 15.1. The Morgan fingerprint density at radius 1 is 0.810 bits per heavy atom. The van der Waals surface area contributed by atoms with E-state index in [1.807, 2.05) is 13.8 Å². The van der Waals surface area contributed by atoms with Crippen LogP contribution in [0.15, 0.2) is 0 Å². The first-order chi connectivity index (χ1) is 10.4. The highest BCUT2D eigenvalue weighted by atomic mass is 15.3. The SMILES string of the molecule is CC.CCC1CCC(N2CCN(C3CCNC3)CC2)CC1. The van der Waals surface area contributed by atoms with E-state index >= 15 is 0 Å². The van der Waals surface area contributed by atoms with Gasteiger partial charge in [0.2, 0.25) is 0 Å². The molecular weight excluding hydrogens is 258 g/mol. The van der Waals surface area contributed by atoms with E-state index in [4.69, 9.17) is 0 Å². The van der Waals surface area contributed by atoms with Crippen LogP contribution in [-0.4, -0.2) is 61.2 Å². The summed E-state index contributed by atoms with van der Waals surface area (Å²) in [6.07, 6.45) is 8.64. The van der Waals surface area contributed by atoms with Crippen molar-refractivity contribution in [1.29, 1.82) is 0 Å². The average Bonchev–Trinajstić information content (AvgIpc) is 3.11. The smallest absolute Gasteiger partial charge is 0.0233 e. The van der Waals surface area contributed by atoms with Crippen molar-refractivity contribution >= 4 is 0 Å². The monoisotopic (exact) mass is 295 g/mol. The molecule has 1 N–H and O–H groups in total. The second-order valence-corrected chi connectivity index (χ2v) is 6.80. The summed E-state index contributed by atoms with van der Waals surface area (Å²) in [4.78, 5) is 5.53. The Hall–Kier alpha value is -0.120. The molecule has 0 aromatic carbocycles. The van der Waals surface area contributed by atoms with Crippen molar-refractivity contribution in [1.82, 2.24) is 15.1 Å². The fourth-order valence-corrected chi connectivity index (χ4v) is 4.34. The summed E-state index contributed by atoms with van der Waals surface area (Å²) in [7, 11) is 0. The van der Waals surface area contributed by atoms with Crippen LogP contribution in [0.4, 0.5) is 0 Å². The maximum atomic E-state index is 3.50. The standard InChI is InChI=1S/C16H31N3.C2H6/c1-2-14-3-5-15(6-4-14)18-9-11-19(12-10-18)16-7-8-17-13-16;1-2/h14-17H,2-13H2,1H3;1-2H3. The molecule has 3 nitrogen and oxygen atoms in total. The van der Waals surface area contributed by atoms with Crippen LogP contribution in [-0.2, 0) is 0 Å². The number of hydrogen-bond acceptors (Lipinski definition) is 3. The van der Waals surface area contributed by atoms with Crippen LogP contribution in [0.5, 0.6) is 0 Å². The van der Waals surface area contributed by atoms with Crippen LogP contribution in [0.3, 0.4) is 0 Å². The van der Waals surface area contributed by atoms with Crippen LogP contribution in [0.2, 0.25) is 0 Å². The summed E-state index contributed by atoms with van der Waals surface area (Å²) in [5, 5.41) is 3.50. The van der Waals surface area contributed by atoms with Gasteiger partial charge in [0.1, 0.15) is 0 Å². The maximum Gasteiger partial charge on any atom is 0.0233 e. The molecule has 0 spiro atoms. The van der Waals surface area contributed by atoms with Gasteiger partial charge in [-0.3, -0.25) is 9.80 Å². The molecule has 1 unspecified atom stereocenters. The van der Waals surface area contributed by atoms with E-state index in [-0.39, 0.29) is 0 Å². The largest absolute Gasteiger partial charge is 0.315 e. The molecule has 1 saturated carbocycles. The average molecular weight is 296 g/mol. The number of rotatable bonds is 3. The van der Waals surface area contributed by atoms with Crippen LogP contribution in [0.25, 0.3) is 0 Å². The zero-order valence-corrected chi connectivity index (χ0v) is 14.6. The van der Waals surface area contributed by atoms with Crippen LogP contribution < -0.4 is 5.32 Å². The van der Waals surface area contributed by atoms with Gasteiger partial charge in [-0.05, 0) is 44.6 Å². The molecule has 21 heavy (non-hydrogen) atoms. The van der Waals surface area contributed by atoms with E-state index in [1.54, 1.807) is 0 Å². The van der Waals surface area contributed by atoms with Crippen LogP contribution >= 0.6 is 0 Å². The first kappa shape index (κ1) is 17.2. The van der Waals surface area contributed by atoms with Crippen molar-refractivity contribution in [3.8, 4) is 0 Å². The number of piperazine rings is 1. The molecule has 0 aromatic rings. The Balaban J connectivity index is 0.000000774. The van der Waals surface area contributed by atoms with Gasteiger partial charge in [0.15, 0.2) is 0 Å². The molecule has 3 rings (SSSR count). The second-order valence-electron chi connectivity index (χ2n) is 6.80. The maximum absolute atomic E-state index is 3.50. The molecule has 2 heterocycles. The van der Waals surface area contributed by atoms with Gasteiger partial charge in [-0.15, -0.1) is 0 Å². The van der Waals surface area contributed by atoms with Gasteiger partial charge in [-0.25, -0.2) is 0 Å². The lowest BCUT2D eigenvalue weighted by Crippen LogP contribution is -2.54. The summed E-state index contributed by atoms with van der Waals surface area (Å²) in [6, 6.07) is 1.74. The molecule has 0 bridgehead atoms. The van der Waals surface area contributed by atoms with E-state index in [0.29, 0.717) is 0 Å². The van der Waals surface area contributed by atoms with Gasteiger partial charge in [0, 0.05) is 44.8 Å². The van der Waals surface area contributed by atoms with Crippen molar-refractivity contribution in [3.63, 3.8) is 0 Å². The third-order valence-electron chi connectivity index (χ3n) is 5.81. The number of hydrogen-bond donors (Lipinski definition) is 1. The molecule has 3 heteroatoms. The highest BCUT2D eigenvalue weighted by molar-refractivity contribution is 4.87. The molecule has 124 valence electrons. The predicted molar refractivity (Wildman–Crippen MR) is 91.8 cm³/mol. The van der Waals surface area contributed by atoms with Gasteiger partial charge in [0.05, 0.1) is 0 Å². The number of nitrogens with zero attached hydrogens (tertiary/aromatic N) is 2. The lowest BCUT2D eigenvalue weighted by atomic mass is 9.84. The Morgan fingerprint density at radius 2 is 1.38 bits per heavy atom. The Morgan fingerprint density at radius 3 is 1.86 bits per heavy atom. The van der Waals surface area contributed by atoms with Crippen molar-refractivity contribution < 1.29 is 0 Å². The van der Waals surface area contributed by atoms with E-state index in [0.717, 1.165) is 18.0 Å². The van der Waals surface area contributed by atoms with Crippen molar-refractivity contribution in [2.75, 3.05) is 39.3 Å². The minimum atomic E-state index is 0.831. The van der Waals surface area contributed by atoms with Gasteiger partial charge in [0.25, 0.3) is 0 Å². The third kappa shape index (κ3) is 4.67. The molecule has 1 aliphatic carbocycles. The van der Waals surface area contributed by atoms with Gasteiger partial charge in [-0.1, -0.05) is 27.2 Å². The quantitative estimate of drug-likeness (QED) is 0.863. The summed E-state index contributed by atoms with van der Waals surface area (Å²) < 4.78 is 0. The molecule has 3 aliphatic rings. The van der Waals surface area contributed by atoms with E-state index in [1.165, 1.54) is 77.8 Å². The molecule has 3 fully saturated rings. The zero-order valence-electron chi connectivity index (χ0n) is 14.6. The Kier molecular flexibility index (Phi) is 7.48. The molecule has 0 radical (unpaired) electrons. The van der Waals surface area contributed by atoms with Crippen molar-refractivity contribution in [3.05, 3.63) is 0 Å². The summed E-state index contributed by atoms with van der Waals surface area (Å²) in [6.45, 7) is 14.1. The van der Waals surface area contributed by atoms with Crippen molar-refractivity contribution in [2.45, 2.75) is 71.4 Å². The number of nitrogens with one attached hydrogen (secondary N) is 1. The molecule has 1 atom stereocenters. The highest BCUT2D eigenvalue weighted by Gasteiger charge is 2.30. The first-order valence-electron chi connectivity index (χ1n) is 9.55. The fourth-order valence-electron chi connectivity index (χ4n) is 4.34.